The van der Waals surface area contributed by atoms with Crippen LogP contribution in [0.3, 0.4) is 0 Å². The van der Waals surface area contributed by atoms with Crippen molar-refractivity contribution >= 4 is 5.91 Å². The Hall–Kier alpha value is -1.42. The fraction of sp³-hybridized carbons (Fsp3) is 0.533. The van der Waals surface area contributed by atoms with E-state index in [-0.39, 0.29) is 24.5 Å². The number of carbonyl (C=O) groups is 1. The zero-order valence-corrected chi connectivity index (χ0v) is 10.7. The molecule has 0 radical (unpaired) electrons. The molecule has 2 fully saturated rings. The van der Waals surface area contributed by atoms with E-state index in [0.29, 0.717) is 17.4 Å². The maximum atomic E-state index is 13.1. The normalized spacial score (nSPS) is 32.5. The Balaban J connectivity index is 1.73. The zero-order chi connectivity index (χ0) is 13.4. The number of aliphatic hydroxyl groups excluding tert-OH is 1. The maximum Gasteiger partial charge on any atom is 0.251 e. The molecule has 19 heavy (non-hydrogen) atoms. The van der Waals surface area contributed by atoms with Crippen molar-refractivity contribution in [1.29, 1.82) is 0 Å². The van der Waals surface area contributed by atoms with Gasteiger partial charge in [-0.1, -0.05) is 6.07 Å². The summed E-state index contributed by atoms with van der Waals surface area (Å²) < 4.78 is 13.1. The van der Waals surface area contributed by atoms with Crippen molar-refractivity contribution < 1.29 is 14.3 Å². The van der Waals surface area contributed by atoms with Crippen LogP contribution in [0.4, 0.5) is 4.39 Å². The lowest BCUT2D eigenvalue weighted by Gasteiger charge is -2.30. The molecule has 4 heteroatoms. The zero-order valence-electron chi connectivity index (χ0n) is 10.7. The molecule has 1 aromatic rings. The van der Waals surface area contributed by atoms with Crippen LogP contribution < -0.4 is 5.32 Å². The predicted molar refractivity (Wildman–Crippen MR) is 69.1 cm³/mol. The number of benzene rings is 1. The van der Waals surface area contributed by atoms with E-state index in [1.54, 1.807) is 6.07 Å². The third-order valence-corrected chi connectivity index (χ3v) is 4.68. The van der Waals surface area contributed by atoms with Crippen LogP contribution in [0.25, 0.3) is 0 Å². The van der Waals surface area contributed by atoms with Gasteiger partial charge in [0.1, 0.15) is 5.82 Å². The minimum Gasteiger partial charge on any atom is -0.396 e. The topological polar surface area (TPSA) is 49.3 Å². The van der Waals surface area contributed by atoms with E-state index in [2.05, 4.69) is 5.32 Å². The number of halogens is 1. The summed E-state index contributed by atoms with van der Waals surface area (Å²) in [5, 5.41) is 12.5. The first-order chi connectivity index (χ1) is 9.19. The van der Waals surface area contributed by atoms with Crippen LogP contribution in [0.15, 0.2) is 24.3 Å². The van der Waals surface area contributed by atoms with Gasteiger partial charge in [0.05, 0.1) is 0 Å². The van der Waals surface area contributed by atoms with Crippen LogP contribution in [0, 0.1) is 23.6 Å². The Morgan fingerprint density at radius 2 is 2.16 bits per heavy atom. The second-order valence-corrected chi connectivity index (χ2v) is 5.69. The lowest BCUT2D eigenvalue weighted by molar-refractivity contribution is 0.0861. The molecule has 0 spiro atoms. The van der Waals surface area contributed by atoms with Gasteiger partial charge in [-0.05, 0) is 49.3 Å². The van der Waals surface area contributed by atoms with Gasteiger partial charge in [-0.25, -0.2) is 4.39 Å². The van der Waals surface area contributed by atoms with Crippen molar-refractivity contribution in [3.05, 3.63) is 35.6 Å². The van der Waals surface area contributed by atoms with Gasteiger partial charge < -0.3 is 10.4 Å². The van der Waals surface area contributed by atoms with E-state index in [9.17, 15) is 14.3 Å². The molecule has 0 aromatic heterocycles. The van der Waals surface area contributed by atoms with Crippen LogP contribution >= 0.6 is 0 Å². The predicted octanol–water partition coefficient (Wildman–Crippen LogP) is 1.96. The molecule has 0 heterocycles. The van der Waals surface area contributed by atoms with Gasteiger partial charge in [0, 0.05) is 24.1 Å². The third-order valence-electron chi connectivity index (χ3n) is 4.68. The molecular weight excluding hydrogens is 245 g/mol. The quantitative estimate of drug-likeness (QED) is 0.876. The Morgan fingerprint density at radius 1 is 1.37 bits per heavy atom. The standard InChI is InChI=1S/C15H18FNO2/c16-12-3-1-2-11(7-12)15(19)17-14-10-5-4-9(6-10)13(14)8-18/h1-3,7,9-10,13-14,18H,4-6,8H2,(H,17,19). The van der Waals surface area contributed by atoms with Gasteiger partial charge in [-0.3, -0.25) is 4.79 Å². The molecule has 4 unspecified atom stereocenters. The first kappa shape index (κ1) is 12.6. The number of nitrogens with one attached hydrogen (secondary N) is 1. The average Bonchev–Trinajstić information content (AvgIpc) is 2.99. The van der Waals surface area contributed by atoms with Gasteiger partial charge in [0.2, 0.25) is 0 Å². The number of fused-ring (bicyclic) bond motifs is 2. The van der Waals surface area contributed by atoms with Crippen LogP contribution in [0.2, 0.25) is 0 Å². The van der Waals surface area contributed by atoms with Gasteiger partial charge >= 0.3 is 0 Å². The molecule has 0 aliphatic heterocycles. The van der Waals surface area contributed by atoms with Crippen LogP contribution in [0.1, 0.15) is 29.6 Å². The van der Waals surface area contributed by atoms with E-state index in [1.165, 1.54) is 18.2 Å². The van der Waals surface area contributed by atoms with E-state index in [4.69, 9.17) is 0 Å². The number of hydrogen-bond acceptors (Lipinski definition) is 2. The maximum absolute atomic E-state index is 13.1. The van der Waals surface area contributed by atoms with Crippen molar-refractivity contribution in [3.8, 4) is 0 Å². The van der Waals surface area contributed by atoms with Crippen molar-refractivity contribution in [2.75, 3.05) is 6.61 Å². The lowest BCUT2D eigenvalue weighted by atomic mass is 9.85. The highest BCUT2D eigenvalue weighted by Gasteiger charge is 2.47. The third kappa shape index (κ3) is 2.25. The summed E-state index contributed by atoms with van der Waals surface area (Å²) in [6.45, 7) is 0.120. The summed E-state index contributed by atoms with van der Waals surface area (Å²) in [7, 11) is 0. The van der Waals surface area contributed by atoms with Crippen LogP contribution in [-0.4, -0.2) is 23.7 Å². The smallest absolute Gasteiger partial charge is 0.251 e. The molecule has 2 aliphatic carbocycles. The fourth-order valence-electron chi connectivity index (χ4n) is 3.76. The summed E-state index contributed by atoms with van der Waals surface area (Å²) >= 11 is 0. The largest absolute Gasteiger partial charge is 0.396 e. The number of aliphatic hydroxyl groups is 1. The highest BCUT2D eigenvalue weighted by atomic mass is 19.1. The molecule has 2 bridgehead atoms. The van der Waals surface area contributed by atoms with E-state index in [0.717, 1.165) is 19.3 Å². The minimum absolute atomic E-state index is 0.0412. The molecule has 2 N–H and O–H groups in total. The SMILES string of the molecule is O=C(NC1C2CCC(C2)C1CO)c1cccc(F)c1. The minimum atomic E-state index is -0.403. The lowest BCUT2D eigenvalue weighted by Crippen LogP contribution is -2.45. The molecule has 0 saturated heterocycles. The molecule has 4 atom stereocenters. The van der Waals surface area contributed by atoms with Crippen molar-refractivity contribution in [3.63, 3.8) is 0 Å². The Morgan fingerprint density at radius 3 is 2.89 bits per heavy atom. The van der Waals surface area contributed by atoms with Gasteiger partial charge in [0.25, 0.3) is 5.91 Å². The van der Waals surface area contributed by atoms with Gasteiger partial charge in [-0.15, -0.1) is 0 Å². The second-order valence-electron chi connectivity index (χ2n) is 5.69. The molecule has 2 aliphatic rings. The molecule has 2 saturated carbocycles. The number of rotatable bonds is 3. The second kappa shape index (κ2) is 4.93. The number of hydrogen-bond donors (Lipinski definition) is 2. The summed E-state index contributed by atoms with van der Waals surface area (Å²) in [5.41, 5.74) is 0.347. The summed E-state index contributed by atoms with van der Waals surface area (Å²) in [6.07, 6.45) is 3.37. The van der Waals surface area contributed by atoms with Crippen LogP contribution in [0.5, 0.6) is 0 Å². The molecule has 3 nitrogen and oxygen atoms in total. The first-order valence-corrected chi connectivity index (χ1v) is 6.86. The Bertz CT molecular complexity index is 491. The summed E-state index contributed by atoms with van der Waals surface area (Å²) in [5.74, 6) is 0.526. The Labute approximate surface area is 111 Å². The average molecular weight is 263 g/mol. The fourth-order valence-corrected chi connectivity index (χ4v) is 3.76. The van der Waals surface area contributed by atoms with Crippen LogP contribution in [-0.2, 0) is 0 Å². The van der Waals surface area contributed by atoms with E-state index >= 15 is 0 Å². The number of amides is 1. The van der Waals surface area contributed by atoms with E-state index in [1.807, 2.05) is 0 Å². The molecule has 1 aromatic carbocycles. The monoisotopic (exact) mass is 263 g/mol. The summed E-state index contributed by atoms with van der Waals surface area (Å²) in [4.78, 5) is 12.1. The Kier molecular flexibility index (Phi) is 3.27. The highest BCUT2D eigenvalue weighted by Crippen LogP contribution is 2.48. The molecule has 102 valence electrons. The summed E-state index contributed by atoms with van der Waals surface area (Å²) in [6, 6.07) is 5.76. The van der Waals surface area contributed by atoms with Crippen molar-refractivity contribution in [2.45, 2.75) is 25.3 Å². The molecular formula is C15H18FNO2. The first-order valence-electron chi connectivity index (χ1n) is 6.86. The van der Waals surface area contributed by atoms with Gasteiger partial charge in [0.15, 0.2) is 0 Å². The molecule has 1 amide bonds. The van der Waals surface area contributed by atoms with Crippen molar-refractivity contribution in [1.82, 2.24) is 5.32 Å². The number of carbonyl (C=O) groups excluding carboxylic acids is 1. The van der Waals surface area contributed by atoms with Gasteiger partial charge in [-0.2, -0.15) is 0 Å². The molecule has 3 rings (SSSR count). The van der Waals surface area contributed by atoms with E-state index < -0.39 is 5.82 Å². The van der Waals surface area contributed by atoms with Crippen molar-refractivity contribution in [2.24, 2.45) is 17.8 Å². The highest BCUT2D eigenvalue weighted by molar-refractivity contribution is 5.94.